The summed E-state index contributed by atoms with van der Waals surface area (Å²) >= 11 is 0. The molecule has 3 N–H and O–H groups in total. The second-order valence-electron chi connectivity index (χ2n) is 4.43. The summed E-state index contributed by atoms with van der Waals surface area (Å²) in [5, 5.41) is 15.1. The van der Waals surface area contributed by atoms with E-state index in [1.165, 1.54) is 31.2 Å². The predicted octanol–water partition coefficient (Wildman–Crippen LogP) is 1.69. The summed E-state index contributed by atoms with van der Waals surface area (Å²) in [5.41, 5.74) is -0.802. The molecule has 0 radical (unpaired) electrons. The zero-order valence-corrected chi connectivity index (χ0v) is 10.7. The lowest BCUT2D eigenvalue weighted by Crippen LogP contribution is -2.43. The van der Waals surface area contributed by atoms with Crippen molar-refractivity contribution in [3.8, 4) is 0 Å². The first kappa shape index (κ1) is 15.4. The summed E-state index contributed by atoms with van der Waals surface area (Å²) in [5.74, 6) is -0.392. The molecule has 0 saturated heterocycles. The first-order valence-corrected chi connectivity index (χ1v) is 6.02. The number of nitrogens with one attached hydrogen (secondary N) is 2. The Morgan fingerprint density at radius 2 is 1.95 bits per heavy atom. The molecule has 106 valence electrons. The molecule has 0 aliphatic heterocycles. The molecule has 6 heteroatoms. The summed E-state index contributed by atoms with van der Waals surface area (Å²) in [7, 11) is 0. The van der Waals surface area contributed by atoms with Gasteiger partial charge in [0.25, 0.3) is 0 Å². The Balaban J connectivity index is 2.46. The van der Waals surface area contributed by atoms with Gasteiger partial charge in [0, 0.05) is 6.54 Å². The van der Waals surface area contributed by atoms with Crippen molar-refractivity contribution in [1.82, 2.24) is 10.6 Å². The maximum absolute atomic E-state index is 12.8. The molecule has 0 aromatic heterocycles. The number of carbonyl (C=O) groups excluding carboxylic acids is 1. The monoisotopic (exact) mass is 272 g/mol. The van der Waals surface area contributed by atoms with Gasteiger partial charge in [0.15, 0.2) is 0 Å². The van der Waals surface area contributed by atoms with Gasteiger partial charge in [-0.25, -0.2) is 9.18 Å². The van der Waals surface area contributed by atoms with Crippen LogP contribution in [0.1, 0.15) is 18.9 Å². The van der Waals surface area contributed by atoms with Crippen LogP contribution in [0.5, 0.6) is 0 Å². The summed E-state index contributed by atoms with van der Waals surface area (Å²) in [6.45, 7) is 1.23. The molecule has 0 aliphatic rings. The Hall–Kier alpha value is -1.69. The number of benzene rings is 1. The van der Waals surface area contributed by atoms with Crippen LogP contribution in [-0.2, 0) is 5.60 Å². The van der Waals surface area contributed by atoms with E-state index in [1.54, 1.807) is 0 Å². The topological polar surface area (TPSA) is 61.4 Å². The maximum Gasteiger partial charge on any atom is 0.314 e. The molecule has 1 rings (SSSR count). The highest BCUT2D eigenvalue weighted by Crippen LogP contribution is 2.19. The normalized spacial score (nSPS) is 13.7. The van der Waals surface area contributed by atoms with E-state index in [-0.39, 0.29) is 19.5 Å². The third-order valence-electron chi connectivity index (χ3n) is 2.66. The minimum absolute atomic E-state index is 0.0277. The highest BCUT2D eigenvalue weighted by Gasteiger charge is 2.23. The van der Waals surface area contributed by atoms with Crippen molar-refractivity contribution in [1.29, 1.82) is 0 Å². The van der Waals surface area contributed by atoms with Crippen LogP contribution in [0.3, 0.4) is 0 Å². The van der Waals surface area contributed by atoms with Crippen molar-refractivity contribution < 1.29 is 18.7 Å². The van der Waals surface area contributed by atoms with Gasteiger partial charge in [0.1, 0.15) is 11.4 Å². The van der Waals surface area contributed by atoms with E-state index in [0.29, 0.717) is 5.56 Å². The zero-order chi connectivity index (χ0) is 14.3. The van der Waals surface area contributed by atoms with Crippen molar-refractivity contribution in [2.75, 3.05) is 19.8 Å². The molecule has 4 nitrogen and oxygen atoms in total. The van der Waals surface area contributed by atoms with Crippen LogP contribution in [-0.4, -0.2) is 30.9 Å². The van der Waals surface area contributed by atoms with Gasteiger partial charge in [-0.1, -0.05) is 12.1 Å². The largest absolute Gasteiger partial charge is 0.384 e. The molecule has 1 aromatic rings. The third kappa shape index (κ3) is 5.21. The van der Waals surface area contributed by atoms with Gasteiger partial charge in [-0.15, -0.1) is 0 Å². The van der Waals surface area contributed by atoms with Crippen LogP contribution in [0, 0.1) is 5.82 Å². The molecular formula is C13H18F2N2O2. The lowest BCUT2D eigenvalue weighted by molar-refractivity contribution is 0.0593. The first-order chi connectivity index (χ1) is 8.95. The number of rotatable bonds is 6. The number of alkyl halides is 1. The zero-order valence-electron chi connectivity index (χ0n) is 10.7. The van der Waals surface area contributed by atoms with Crippen LogP contribution in [0.25, 0.3) is 0 Å². The van der Waals surface area contributed by atoms with Gasteiger partial charge < -0.3 is 15.7 Å². The summed E-state index contributed by atoms with van der Waals surface area (Å²) < 4.78 is 24.6. The standard InChI is InChI=1S/C13H18F2N2O2/c1-13(19,10-3-5-11(15)6-4-10)9-17-12(18)16-8-2-7-14/h3-6,19H,2,7-9H2,1H3,(H2,16,17,18). The van der Waals surface area contributed by atoms with Crippen LogP contribution in [0.15, 0.2) is 24.3 Å². The third-order valence-corrected chi connectivity index (χ3v) is 2.66. The van der Waals surface area contributed by atoms with Crippen molar-refractivity contribution in [2.45, 2.75) is 18.9 Å². The van der Waals surface area contributed by atoms with Gasteiger partial charge in [-0.3, -0.25) is 4.39 Å². The number of aliphatic hydroxyl groups is 1. The van der Waals surface area contributed by atoms with Gasteiger partial charge in [-0.05, 0) is 31.0 Å². The average molecular weight is 272 g/mol. The number of carbonyl (C=O) groups is 1. The highest BCUT2D eigenvalue weighted by molar-refractivity contribution is 5.73. The van der Waals surface area contributed by atoms with Crippen molar-refractivity contribution in [3.05, 3.63) is 35.6 Å². The van der Waals surface area contributed by atoms with E-state index in [4.69, 9.17) is 0 Å². The molecule has 0 heterocycles. The van der Waals surface area contributed by atoms with E-state index < -0.39 is 24.1 Å². The SMILES string of the molecule is CC(O)(CNC(=O)NCCCF)c1ccc(F)cc1. The molecule has 0 fully saturated rings. The lowest BCUT2D eigenvalue weighted by Gasteiger charge is -2.24. The molecule has 2 amide bonds. The van der Waals surface area contributed by atoms with E-state index in [0.717, 1.165) is 0 Å². The molecule has 19 heavy (non-hydrogen) atoms. The lowest BCUT2D eigenvalue weighted by atomic mass is 9.96. The molecule has 1 unspecified atom stereocenters. The Labute approximate surface area is 110 Å². The van der Waals surface area contributed by atoms with Crippen LogP contribution in [0.4, 0.5) is 13.6 Å². The fourth-order valence-electron chi connectivity index (χ4n) is 1.49. The van der Waals surface area contributed by atoms with Crippen LogP contribution >= 0.6 is 0 Å². The number of hydrogen-bond acceptors (Lipinski definition) is 2. The first-order valence-electron chi connectivity index (χ1n) is 6.02. The molecule has 0 spiro atoms. The second kappa shape index (κ2) is 7.04. The van der Waals surface area contributed by atoms with Crippen molar-refractivity contribution in [2.24, 2.45) is 0 Å². The van der Waals surface area contributed by atoms with E-state index in [1.807, 2.05) is 0 Å². The summed E-state index contributed by atoms with van der Waals surface area (Å²) in [6.07, 6.45) is 0.252. The van der Waals surface area contributed by atoms with Gasteiger partial charge in [-0.2, -0.15) is 0 Å². The summed E-state index contributed by atoms with van der Waals surface area (Å²) in [4.78, 5) is 11.3. The number of hydrogen-bond donors (Lipinski definition) is 3. The van der Waals surface area contributed by atoms with E-state index in [2.05, 4.69) is 10.6 Å². The predicted molar refractivity (Wildman–Crippen MR) is 68.0 cm³/mol. The minimum Gasteiger partial charge on any atom is -0.384 e. The van der Waals surface area contributed by atoms with Crippen LogP contribution in [0.2, 0.25) is 0 Å². The molecule has 1 aromatic carbocycles. The molecule has 0 saturated carbocycles. The smallest absolute Gasteiger partial charge is 0.314 e. The van der Waals surface area contributed by atoms with E-state index in [9.17, 15) is 18.7 Å². The minimum atomic E-state index is -1.30. The van der Waals surface area contributed by atoms with Crippen molar-refractivity contribution >= 4 is 6.03 Å². The number of halogens is 2. The molecule has 0 bridgehead atoms. The molecule has 0 aliphatic carbocycles. The van der Waals surface area contributed by atoms with Gasteiger partial charge >= 0.3 is 6.03 Å². The quantitative estimate of drug-likeness (QED) is 0.690. The van der Waals surface area contributed by atoms with E-state index >= 15 is 0 Å². The van der Waals surface area contributed by atoms with Gasteiger partial charge in [0.05, 0.1) is 13.2 Å². The Morgan fingerprint density at radius 1 is 1.32 bits per heavy atom. The Bertz CT molecular complexity index is 408. The molecular weight excluding hydrogens is 254 g/mol. The van der Waals surface area contributed by atoms with Crippen molar-refractivity contribution in [3.63, 3.8) is 0 Å². The number of urea groups is 1. The highest BCUT2D eigenvalue weighted by atomic mass is 19.1. The summed E-state index contributed by atoms with van der Waals surface area (Å²) in [6, 6.07) is 4.92. The average Bonchev–Trinajstić information content (AvgIpc) is 2.37. The maximum atomic E-state index is 12.8. The Morgan fingerprint density at radius 3 is 2.53 bits per heavy atom. The fraction of sp³-hybridized carbons (Fsp3) is 0.462. The second-order valence-corrected chi connectivity index (χ2v) is 4.43. The number of amides is 2. The Kier molecular flexibility index (Phi) is 5.69. The fourth-order valence-corrected chi connectivity index (χ4v) is 1.49. The van der Waals surface area contributed by atoms with Gasteiger partial charge in [0.2, 0.25) is 0 Å². The van der Waals surface area contributed by atoms with Crippen LogP contribution < -0.4 is 10.6 Å². The molecule has 1 atom stereocenters.